The third-order valence-electron chi connectivity index (χ3n) is 5.80. The first-order valence-electron chi connectivity index (χ1n) is 9.45. The molecule has 1 aliphatic heterocycles. The lowest BCUT2D eigenvalue weighted by molar-refractivity contribution is 0.0779. The van der Waals surface area contributed by atoms with Crippen LogP contribution < -0.4 is 10.5 Å². The third kappa shape index (κ3) is 4.05. The van der Waals surface area contributed by atoms with Crippen molar-refractivity contribution in [3.8, 4) is 11.5 Å². The summed E-state index contributed by atoms with van der Waals surface area (Å²) in [6, 6.07) is 14.5. The van der Waals surface area contributed by atoms with Crippen LogP contribution in [0.25, 0.3) is 0 Å². The molecule has 0 aromatic heterocycles. The number of rotatable bonds is 4. The minimum atomic E-state index is 0. The number of nitrogens with two attached hydrogens (primary N) is 1. The molecule has 1 saturated heterocycles. The minimum absolute atomic E-state index is 0. The van der Waals surface area contributed by atoms with Gasteiger partial charge in [-0.15, -0.1) is 12.4 Å². The van der Waals surface area contributed by atoms with E-state index in [0.717, 1.165) is 25.9 Å². The molecule has 0 spiro atoms. The van der Waals surface area contributed by atoms with Gasteiger partial charge < -0.3 is 15.4 Å². The number of ether oxygens (including phenoxy) is 1. The number of fused-ring (bicyclic) bond motifs is 1. The number of carbonyl (C=O) groups is 2. The van der Waals surface area contributed by atoms with E-state index in [4.69, 9.17) is 10.5 Å². The molecule has 148 valence electrons. The number of likely N-dealkylation sites (tertiary alicyclic amines) is 1. The van der Waals surface area contributed by atoms with Crippen LogP contribution in [-0.4, -0.2) is 35.7 Å². The fourth-order valence-corrected chi connectivity index (χ4v) is 4.22. The van der Waals surface area contributed by atoms with Crippen molar-refractivity contribution in [3.05, 3.63) is 59.7 Å². The van der Waals surface area contributed by atoms with E-state index in [-0.39, 0.29) is 30.1 Å². The molecule has 28 heavy (non-hydrogen) atoms. The fraction of sp³-hybridized carbons (Fsp3) is 0.364. The van der Waals surface area contributed by atoms with Crippen LogP contribution in [0.15, 0.2) is 48.5 Å². The lowest BCUT2D eigenvalue weighted by Gasteiger charge is -2.19. The Hall–Kier alpha value is -2.37. The van der Waals surface area contributed by atoms with E-state index < -0.39 is 0 Å². The molecule has 1 heterocycles. The van der Waals surface area contributed by atoms with Gasteiger partial charge in [0.05, 0.1) is 0 Å². The normalized spacial score (nSPS) is 23.1. The van der Waals surface area contributed by atoms with Gasteiger partial charge in [-0.2, -0.15) is 0 Å². The summed E-state index contributed by atoms with van der Waals surface area (Å²) in [4.78, 5) is 26.0. The number of hydrogen-bond donors (Lipinski definition) is 1. The molecule has 2 aromatic carbocycles. The zero-order valence-electron chi connectivity index (χ0n) is 15.8. The SMILES string of the molecule is CC(=O)c1ccc(Oc2ccc(C(=O)N3CC4CCC(N)C4C3)cc2)cc1.Cl. The Morgan fingerprint density at radius 1 is 0.929 bits per heavy atom. The number of nitrogens with zero attached hydrogens (tertiary/aromatic N) is 1. The molecule has 0 bridgehead atoms. The Morgan fingerprint density at radius 2 is 1.50 bits per heavy atom. The number of hydrogen-bond acceptors (Lipinski definition) is 4. The van der Waals surface area contributed by atoms with Gasteiger partial charge in [0.2, 0.25) is 0 Å². The largest absolute Gasteiger partial charge is 0.457 e. The van der Waals surface area contributed by atoms with Gasteiger partial charge in [-0.25, -0.2) is 0 Å². The second-order valence-electron chi connectivity index (χ2n) is 7.58. The summed E-state index contributed by atoms with van der Waals surface area (Å²) >= 11 is 0. The van der Waals surface area contributed by atoms with Gasteiger partial charge in [-0.3, -0.25) is 9.59 Å². The van der Waals surface area contributed by atoms with Crippen LogP contribution in [0, 0.1) is 11.8 Å². The van der Waals surface area contributed by atoms with Crippen molar-refractivity contribution >= 4 is 24.1 Å². The second-order valence-corrected chi connectivity index (χ2v) is 7.58. The lowest BCUT2D eigenvalue weighted by atomic mass is 9.98. The molecule has 5 nitrogen and oxygen atoms in total. The van der Waals surface area contributed by atoms with Crippen molar-refractivity contribution in [2.24, 2.45) is 17.6 Å². The fourth-order valence-electron chi connectivity index (χ4n) is 4.22. The van der Waals surface area contributed by atoms with Gasteiger partial charge >= 0.3 is 0 Å². The molecule has 2 fully saturated rings. The van der Waals surface area contributed by atoms with E-state index in [1.807, 2.05) is 4.90 Å². The van der Waals surface area contributed by atoms with Crippen LogP contribution >= 0.6 is 12.4 Å². The van der Waals surface area contributed by atoms with E-state index in [9.17, 15) is 9.59 Å². The first-order valence-corrected chi connectivity index (χ1v) is 9.45. The first-order chi connectivity index (χ1) is 13.0. The van der Waals surface area contributed by atoms with Crippen LogP contribution in [0.2, 0.25) is 0 Å². The summed E-state index contributed by atoms with van der Waals surface area (Å²) in [5, 5.41) is 0. The summed E-state index contributed by atoms with van der Waals surface area (Å²) in [6.07, 6.45) is 2.21. The Bertz CT molecular complexity index is 851. The zero-order valence-corrected chi connectivity index (χ0v) is 16.7. The highest BCUT2D eigenvalue weighted by Crippen LogP contribution is 2.37. The third-order valence-corrected chi connectivity index (χ3v) is 5.80. The Kier molecular flexibility index (Phi) is 6.06. The van der Waals surface area contributed by atoms with Gasteiger partial charge in [0.15, 0.2) is 5.78 Å². The molecule has 0 radical (unpaired) electrons. The molecule has 2 aliphatic rings. The molecule has 1 saturated carbocycles. The highest BCUT2D eigenvalue weighted by Gasteiger charge is 2.42. The predicted molar refractivity (Wildman–Crippen MR) is 110 cm³/mol. The maximum atomic E-state index is 12.8. The average molecular weight is 401 g/mol. The van der Waals surface area contributed by atoms with Gasteiger partial charge in [-0.05, 0) is 80.1 Å². The van der Waals surface area contributed by atoms with Crippen molar-refractivity contribution < 1.29 is 14.3 Å². The molecule has 1 amide bonds. The van der Waals surface area contributed by atoms with E-state index in [0.29, 0.717) is 34.5 Å². The molecule has 1 aliphatic carbocycles. The molecular weight excluding hydrogens is 376 g/mol. The Balaban J connectivity index is 0.00000225. The van der Waals surface area contributed by atoms with Crippen LogP contribution in [0.3, 0.4) is 0 Å². The smallest absolute Gasteiger partial charge is 0.253 e. The van der Waals surface area contributed by atoms with Crippen LogP contribution in [-0.2, 0) is 0 Å². The number of amides is 1. The maximum absolute atomic E-state index is 12.8. The highest BCUT2D eigenvalue weighted by atomic mass is 35.5. The molecule has 3 atom stereocenters. The minimum Gasteiger partial charge on any atom is -0.457 e. The number of halogens is 1. The first kappa shape index (κ1) is 20.4. The second kappa shape index (κ2) is 8.33. The van der Waals surface area contributed by atoms with Crippen molar-refractivity contribution in [2.45, 2.75) is 25.8 Å². The van der Waals surface area contributed by atoms with Crippen molar-refractivity contribution in [1.82, 2.24) is 4.90 Å². The standard InChI is InChI=1S/C22H24N2O3.ClH/c1-14(25)15-2-7-18(8-3-15)27-19-9-4-16(5-10-19)22(26)24-12-17-6-11-21(23)20(17)13-24;/h2-5,7-10,17,20-21H,6,11-13,23H2,1H3;1H. The van der Waals surface area contributed by atoms with Crippen LogP contribution in [0.1, 0.15) is 40.5 Å². The molecule has 6 heteroatoms. The van der Waals surface area contributed by atoms with E-state index >= 15 is 0 Å². The van der Waals surface area contributed by atoms with E-state index in [1.54, 1.807) is 48.5 Å². The summed E-state index contributed by atoms with van der Waals surface area (Å²) in [5.41, 5.74) is 7.49. The number of ketones is 1. The summed E-state index contributed by atoms with van der Waals surface area (Å²) in [7, 11) is 0. The van der Waals surface area contributed by atoms with Gasteiger partial charge in [0.25, 0.3) is 5.91 Å². The van der Waals surface area contributed by atoms with Crippen molar-refractivity contribution in [2.75, 3.05) is 13.1 Å². The molecule has 2 N–H and O–H groups in total. The molecule has 4 rings (SSSR count). The van der Waals surface area contributed by atoms with E-state index in [1.165, 1.54) is 6.92 Å². The summed E-state index contributed by atoms with van der Waals surface area (Å²) in [6.45, 7) is 3.12. The summed E-state index contributed by atoms with van der Waals surface area (Å²) < 4.78 is 5.80. The maximum Gasteiger partial charge on any atom is 0.253 e. The summed E-state index contributed by atoms with van der Waals surface area (Å²) in [5.74, 6) is 2.41. The molecular formula is C22H25ClN2O3. The van der Waals surface area contributed by atoms with Gasteiger partial charge in [0, 0.05) is 30.3 Å². The molecule has 2 aromatic rings. The van der Waals surface area contributed by atoms with Crippen molar-refractivity contribution in [3.63, 3.8) is 0 Å². The van der Waals surface area contributed by atoms with Crippen molar-refractivity contribution in [1.29, 1.82) is 0 Å². The highest BCUT2D eigenvalue weighted by molar-refractivity contribution is 5.95. The number of Topliss-reactive ketones (excluding diaryl/α,β-unsaturated/α-hetero) is 1. The van der Waals surface area contributed by atoms with E-state index in [2.05, 4.69) is 0 Å². The van der Waals surface area contributed by atoms with Crippen LogP contribution in [0.5, 0.6) is 11.5 Å². The van der Waals surface area contributed by atoms with Gasteiger partial charge in [0.1, 0.15) is 11.5 Å². The quantitative estimate of drug-likeness (QED) is 0.789. The zero-order chi connectivity index (χ0) is 19.0. The van der Waals surface area contributed by atoms with Gasteiger partial charge in [-0.1, -0.05) is 0 Å². The Labute approximate surface area is 171 Å². The predicted octanol–water partition coefficient (Wildman–Crippen LogP) is 3.91. The van der Waals surface area contributed by atoms with Crippen LogP contribution in [0.4, 0.5) is 0 Å². The topological polar surface area (TPSA) is 72.6 Å². The number of carbonyl (C=O) groups excluding carboxylic acids is 2. The monoisotopic (exact) mass is 400 g/mol. The number of benzene rings is 2. The Morgan fingerprint density at radius 3 is 2.04 bits per heavy atom. The molecule has 3 unspecified atom stereocenters. The average Bonchev–Trinajstić information content (AvgIpc) is 3.24. The lowest BCUT2D eigenvalue weighted by Crippen LogP contribution is -2.33.